The SMILES string of the molecule is CN(C)C(=S)c1ccccc1Br. The van der Waals surface area contributed by atoms with Crippen molar-refractivity contribution in [2.24, 2.45) is 0 Å². The van der Waals surface area contributed by atoms with Crippen LogP contribution >= 0.6 is 28.1 Å². The van der Waals surface area contributed by atoms with Crippen LogP contribution < -0.4 is 0 Å². The summed E-state index contributed by atoms with van der Waals surface area (Å²) in [6.45, 7) is 0. The van der Waals surface area contributed by atoms with Gasteiger partial charge in [-0.15, -0.1) is 0 Å². The summed E-state index contributed by atoms with van der Waals surface area (Å²) in [7, 11) is 3.89. The van der Waals surface area contributed by atoms with Gasteiger partial charge in [-0.2, -0.15) is 0 Å². The van der Waals surface area contributed by atoms with Crippen LogP contribution in [0.25, 0.3) is 0 Å². The molecule has 0 bridgehead atoms. The highest BCUT2D eigenvalue weighted by molar-refractivity contribution is 9.10. The van der Waals surface area contributed by atoms with Crippen LogP contribution in [0.5, 0.6) is 0 Å². The monoisotopic (exact) mass is 243 g/mol. The van der Waals surface area contributed by atoms with E-state index in [1.54, 1.807) is 0 Å². The number of hydrogen-bond donors (Lipinski definition) is 0. The molecule has 0 fully saturated rings. The lowest BCUT2D eigenvalue weighted by Crippen LogP contribution is -2.20. The van der Waals surface area contributed by atoms with Gasteiger partial charge in [-0.3, -0.25) is 0 Å². The smallest absolute Gasteiger partial charge is 0.109 e. The van der Waals surface area contributed by atoms with Gasteiger partial charge in [0.25, 0.3) is 0 Å². The van der Waals surface area contributed by atoms with Gasteiger partial charge in [-0.25, -0.2) is 0 Å². The molecule has 1 aromatic carbocycles. The molecule has 0 spiro atoms. The highest BCUT2D eigenvalue weighted by Crippen LogP contribution is 2.17. The third-order valence-corrected chi connectivity index (χ3v) is 2.79. The summed E-state index contributed by atoms with van der Waals surface area (Å²) in [5.41, 5.74) is 1.07. The Balaban J connectivity index is 3.03. The first-order chi connectivity index (χ1) is 5.63. The molecule has 0 saturated heterocycles. The average Bonchev–Trinajstić information content (AvgIpc) is 2.04. The predicted molar refractivity (Wildman–Crippen MR) is 59.5 cm³/mol. The van der Waals surface area contributed by atoms with Gasteiger partial charge in [0.1, 0.15) is 4.99 Å². The number of thiocarbonyl (C=S) groups is 1. The van der Waals surface area contributed by atoms with E-state index in [9.17, 15) is 0 Å². The first kappa shape index (κ1) is 9.68. The molecule has 0 aliphatic rings. The first-order valence-corrected chi connectivity index (χ1v) is 4.79. The van der Waals surface area contributed by atoms with Crippen molar-refractivity contribution in [1.29, 1.82) is 0 Å². The van der Waals surface area contributed by atoms with Crippen molar-refractivity contribution >= 4 is 33.1 Å². The van der Waals surface area contributed by atoms with E-state index >= 15 is 0 Å². The van der Waals surface area contributed by atoms with E-state index in [1.165, 1.54) is 0 Å². The third kappa shape index (κ3) is 2.05. The Morgan fingerprint density at radius 2 is 1.92 bits per heavy atom. The second-order valence-corrected chi connectivity index (χ2v) is 3.92. The lowest BCUT2D eigenvalue weighted by atomic mass is 10.2. The highest BCUT2D eigenvalue weighted by atomic mass is 79.9. The van der Waals surface area contributed by atoms with E-state index in [0.29, 0.717) is 0 Å². The number of nitrogens with zero attached hydrogens (tertiary/aromatic N) is 1. The van der Waals surface area contributed by atoms with Crippen LogP contribution in [0.15, 0.2) is 28.7 Å². The molecule has 0 N–H and O–H groups in total. The highest BCUT2D eigenvalue weighted by Gasteiger charge is 2.05. The van der Waals surface area contributed by atoms with E-state index in [1.807, 2.05) is 43.3 Å². The van der Waals surface area contributed by atoms with Crippen molar-refractivity contribution in [3.05, 3.63) is 34.3 Å². The Labute approximate surface area is 86.5 Å². The first-order valence-electron chi connectivity index (χ1n) is 3.59. The topological polar surface area (TPSA) is 3.24 Å². The van der Waals surface area contributed by atoms with Gasteiger partial charge in [0.15, 0.2) is 0 Å². The number of halogens is 1. The number of hydrogen-bond acceptors (Lipinski definition) is 1. The van der Waals surface area contributed by atoms with Gasteiger partial charge in [0, 0.05) is 24.1 Å². The van der Waals surface area contributed by atoms with Crippen LogP contribution in [-0.4, -0.2) is 24.0 Å². The minimum atomic E-state index is 0.850. The van der Waals surface area contributed by atoms with Gasteiger partial charge >= 0.3 is 0 Å². The third-order valence-electron chi connectivity index (χ3n) is 1.51. The molecular weight excluding hydrogens is 234 g/mol. The fourth-order valence-corrected chi connectivity index (χ4v) is 1.66. The van der Waals surface area contributed by atoms with E-state index in [0.717, 1.165) is 15.0 Å². The molecule has 0 heterocycles. The van der Waals surface area contributed by atoms with E-state index in [2.05, 4.69) is 15.9 Å². The molecule has 0 amide bonds. The van der Waals surface area contributed by atoms with Crippen molar-refractivity contribution in [2.45, 2.75) is 0 Å². The second-order valence-electron chi connectivity index (χ2n) is 2.68. The van der Waals surface area contributed by atoms with E-state index < -0.39 is 0 Å². The molecule has 12 heavy (non-hydrogen) atoms. The van der Waals surface area contributed by atoms with Crippen LogP contribution in [0.4, 0.5) is 0 Å². The van der Waals surface area contributed by atoms with Crippen molar-refractivity contribution < 1.29 is 0 Å². The molecule has 1 aromatic rings. The van der Waals surface area contributed by atoms with Gasteiger partial charge in [0.05, 0.1) is 0 Å². The minimum Gasteiger partial charge on any atom is -0.368 e. The Bertz CT molecular complexity index is 296. The summed E-state index contributed by atoms with van der Waals surface area (Å²) in [5.74, 6) is 0. The fourth-order valence-electron chi connectivity index (χ4n) is 0.876. The average molecular weight is 244 g/mol. The molecule has 64 valence electrons. The molecule has 0 unspecified atom stereocenters. The van der Waals surface area contributed by atoms with Crippen molar-refractivity contribution in [3.63, 3.8) is 0 Å². The van der Waals surface area contributed by atoms with Crippen LogP contribution in [0.2, 0.25) is 0 Å². The normalized spacial score (nSPS) is 9.58. The molecule has 0 aliphatic heterocycles. The maximum absolute atomic E-state index is 5.23. The summed E-state index contributed by atoms with van der Waals surface area (Å²) in [4.78, 5) is 2.78. The molecule has 1 nitrogen and oxygen atoms in total. The zero-order chi connectivity index (χ0) is 9.14. The predicted octanol–water partition coefficient (Wildman–Crippen LogP) is 2.69. The lowest BCUT2D eigenvalue weighted by molar-refractivity contribution is 0.636. The van der Waals surface area contributed by atoms with Crippen LogP contribution in [0, 0.1) is 0 Å². The van der Waals surface area contributed by atoms with Crippen LogP contribution in [0.1, 0.15) is 5.56 Å². The molecule has 0 saturated carbocycles. The molecule has 0 aliphatic carbocycles. The van der Waals surface area contributed by atoms with E-state index in [4.69, 9.17) is 12.2 Å². The minimum absolute atomic E-state index is 0.850. The lowest BCUT2D eigenvalue weighted by Gasteiger charge is -2.14. The molecule has 0 radical (unpaired) electrons. The Morgan fingerprint density at radius 3 is 2.42 bits per heavy atom. The van der Waals surface area contributed by atoms with Crippen LogP contribution in [-0.2, 0) is 0 Å². The van der Waals surface area contributed by atoms with E-state index in [-0.39, 0.29) is 0 Å². The van der Waals surface area contributed by atoms with Gasteiger partial charge in [-0.1, -0.05) is 46.3 Å². The zero-order valence-corrected chi connectivity index (χ0v) is 9.45. The summed E-state index contributed by atoms with van der Waals surface area (Å²) in [5, 5.41) is 0. The second kappa shape index (κ2) is 4.01. The molecule has 3 heteroatoms. The van der Waals surface area contributed by atoms with Crippen molar-refractivity contribution in [1.82, 2.24) is 4.90 Å². The standard InChI is InChI=1S/C9H10BrNS/c1-11(2)9(12)7-5-3-4-6-8(7)10/h3-6H,1-2H3. The van der Waals surface area contributed by atoms with Crippen LogP contribution in [0.3, 0.4) is 0 Å². The largest absolute Gasteiger partial charge is 0.368 e. The molecular formula is C9H10BrNS. The maximum atomic E-state index is 5.23. The Hall–Kier alpha value is -0.410. The van der Waals surface area contributed by atoms with Crippen molar-refractivity contribution in [3.8, 4) is 0 Å². The molecule has 0 aromatic heterocycles. The summed E-state index contributed by atoms with van der Waals surface area (Å²) >= 11 is 8.68. The zero-order valence-electron chi connectivity index (χ0n) is 7.04. The molecule has 0 atom stereocenters. The van der Waals surface area contributed by atoms with Gasteiger partial charge in [0.2, 0.25) is 0 Å². The Kier molecular flexibility index (Phi) is 3.23. The maximum Gasteiger partial charge on any atom is 0.109 e. The number of benzene rings is 1. The number of rotatable bonds is 1. The summed E-state index contributed by atoms with van der Waals surface area (Å²) in [6, 6.07) is 7.96. The summed E-state index contributed by atoms with van der Waals surface area (Å²) in [6.07, 6.45) is 0. The van der Waals surface area contributed by atoms with Gasteiger partial charge < -0.3 is 4.90 Å². The van der Waals surface area contributed by atoms with Crippen molar-refractivity contribution in [2.75, 3.05) is 14.1 Å². The van der Waals surface area contributed by atoms with Gasteiger partial charge in [-0.05, 0) is 6.07 Å². The summed E-state index contributed by atoms with van der Waals surface area (Å²) < 4.78 is 1.05. The fraction of sp³-hybridized carbons (Fsp3) is 0.222. The quantitative estimate of drug-likeness (QED) is 0.699. The Morgan fingerprint density at radius 1 is 1.33 bits per heavy atom. The molecule has 1 rings (SSSR count).